The molecule has 1 aliphatic rings. The molecule has 0 bridgehead atoms. The molecule has 0 aliphatic carbocycles. The normalized spacial score (nSPS) is 16.3. The third-order valence-corrected chi connectivity index (χ3v) is 7.06. The van der Waals surface area contributed by atoms with Gasteiger partial charge in [0.2, 0.25) is 15.9 Å². The lowest BCUT2D eigenvalue weighted by molar-refractivity contribution is -0.120. The van der Waals surface area contributed by atoms with Gasteiger partial charge in [-0.1, -0.05) is 29.8 Å². The van der Waals surface area contributed by atoms with E-state index in [1.165, 1.54) is 22.5 Å². The molecule has 0 atom stereocenters. The van der Waals surface area contributed by atoms with Gasteiger partial charge in [-0.15, -0.1) is 0 Å². The predicted molar refractivity (Wildman–Crippen MR) is 103 cm³/mol. The molecule has 1 N–H and O–H groups in total. The minimum atomic E-state index is -3.90. The van der Waals surface area contributed by atoms with Crippen molar-refractivity contribution in [2.45, 2.75) is 24.7 Å². The Labute approximate surface area is 163 Å². The van der Waals surface area contributed by atoms with Crippen molar-refractivity contribution in [3.63, 3.8) is 0 Å². The van der Waals surface area contributed by atoms with E-state index in [-0.39, 0.29) is 29.8 Å². The van der Waals surface area contributed by atoms with Crippen LogP contribution >= 0.6 is 11.6 Å². The highest BCUT2D eigenvalue weighted by atomic mass is 35.5. The number of anilines is 1. The van der Waals surface area contributed by atoms with E-state index < -0.39 is 15.8 Å². The largest absolute Gasteiger partial charge is 0.326 e. The Hall–Kier alpha value is -1.96. The zero-order valence-corrected chi connectivity index (χ0v) is 16.4. The first-order chi connectivity index (χ1) is 12.8. The maximum Gasteiger partial charge on any atom is 0.245 e. The van der Waals surface area contributed by atoms with Crippen LogP contribution in [0.2, 0.25) is 5.02 Å². The Morgan fingerprint density at radius 1 is 1.19 bits per heavy atom. The molecule has 0 saturated carbocycles. The van der Waals surface area contributed by atoms with E-state index in [4.69, 9.17) is 11.6 Å². The topological polar surface area (TPSA) is 66.5 Å². The Kier molecular flexibility index (Phi) is 5.83. The van der Waals surface area contributed by atoms with Crippen LogP contribution in [0.3, 0.4) is 0 Å². The zero-order chi connectivity index (χ0) is 19.6. The van der Waals surface area contributed by atoms with Gasteiger partial charge in [0.05, 0.1) is 0 Å². The van der Waals surface area contributed by atoms with Crippen LogP contribution in [0, 0.1) is 18.7 Å². The van der Waals surface area contributed by atoms with E-state index >= 15 is 0 Å². The molecule has 1 amide bonds. The summed E-state index contributed by atoms with van der Waals surface area (Å²) in [6.45, 7) is 2.21. The van der Waals surface area contributed by atoms with Crippen molar-refractivity contribution in [3.05, 3.63) is 58.9 Å². The van der Waals surface area contributed by atoms with Gasteiger partial charge in [-0.05, 0) is 49.6 Å². The van der Waals surface area contributed by atoms with Crippen LogP contribution in [0.5, 0.6) is 0 Å². The van der Waals surface area contributed by atoms with E-state index in [9.17, 15) is 17.6 Å². The highest BCUT2D eigenvalue weighted by molar-refractivity contribution is 7.89. The Morgan fingerprint density at radius 3 is 2.48 bits per heavy atom. The predicted octanol–water partition coefficient (Wildman–Crippen LogP) is 3.83. The van der Waals surface area contributed by atoms with E-state index in [0.717, 1.165) is 11.6 Å². The monoisotopic (exact) mass is 410 g/mol. The van der Waals surface area contributed by atoms with Gasteiger partial charge in [0.1, 0.15) is 10.7 Å². The maximum atomic E-state index is 13.9. The minimum Gasteiger partial charge on any atom is -0.326 e. The molecule has 8 heteroatoms. The second kappa shape index (κ2) is 7.96. The summed E-state index contributed by atoms with van der Waals surface area (Å²) in [5, 5.41) is 3.39. The van der Waals surface area contributed by atoms with Crippen molar-refractivity contribution < 1.29 is 17.6 Å². The standard InChI is InChI=1S/C19H20ClFN2O3S/c1-13-6-7-15(12-16(13)20)22-19(24)14-8-10-23(11-9-14)27(25,26)18-5-3-2-4-17(18)21/h2-7,12,14H,8-11H2,1H3,(H,22,24). The summed E-state index contributed by atoms with van der Waals surface area (Å²) >= 11 is 6.07. The number of hydrogen-bond donors (Lipinski definition) is 1. The molecule has 144 valence electrons. The van der Waals surface area contributed by atoms with Gasteiger partial charge in [-0.3, -0.25) is 4.79 Å². The van der Waals surface area contributed by atoms with Crippen LogP contribution in [-0.2, 0) is 14.8 Å². The van der Waals surface area contributed by atoms with Crippen LogP contribution in [-0.4, -0.2) is 31.7 Å². The minimum absolute atomic E-state index is 0.169. The maximum absolute atomic E-state index is 13.9. The van der Waals surface area contributed by atoms with Crippen molar-refractivity contribution in [3.8, 4) is 0 Å². The molecule has 1 heterocycles. The van der Waals surface area contributed by atoms with Crippen molar-refractivity contribution >= 4 is 33.2 Å². The van der Waals surface area contributed by atoms with Crippen LogP contribution in [0.4, 0.5) is 10.1 Å². The van der Waals surface area contributed by atoms with Gasteiger partial charge >= 0.3 is 0 Å². The van der Waals surface area contributed by atoms with Gasteiger partial charge in [0.15, 0.2) is 0 Å². The molecule has 1 fully saturated rings. The SMILES string of the molecule is Cc1ccc(NC(=O)C2CCN(S(=O)(=O)c3ccccc3F)CC2)cc1Cl. The second-order valence-corrected chi connectivity index (χ2v) is 8.88. The Morgan fingerprint density at radius 2 is 1.85 bits per heavy atom. The Balaban J connectivity index is 1.63. The fourth-order valence-electron chi connectivity index (χ4n) is 3.07. The lowest BCUT2D eigenvalue weighted by Gasteiger charge is -2.30. The van der Waals surface area contributed by atoms with Gasteiger partial charge in [0.25, 0.3) is 0 Å². The number of hydrogen-bond acceptors (Lipinski definition) is 3. The average molecular weight is 411 g/mol. The van der Waals surface area contributed by atoms with Crippen molar-refractivity contribution in [2.75, 3.05) is 18.4 Å². The third kappa shape index (κ3) is 4.31. The first-order valence-corrected chi connectivity index (χ1v) is 10.4. The fourth-order valence-corrected chi connectivity index (χ4v) is 4.78. The molecule has 1 saturated heterocycles. The van der Waals surface area contributed by atoms with Crippen LogP contribution in [0.1, 0.15) is 18.4 Å². The Bertz CT molecular complexity index is 957. The van der Waals surface area contributed by atoms with Crippen LogP contribution < -0.4 is 5.32 Å². The summed E-state index contributed by atoms with van der Waals surface area (Å²) in [5.41, 5.74) is 1.53. The first-order valence-electron chi connectivity index (χ1n) is 8.61. The van der Waals surface area contributed by atoms with Crippen LogP contribution in [0.25, 0.3) is 0 Å². The molecular formula is C19H20ClFN2O3S. The number of carbonyl (C=O) groups excluding carboxylic acids is 1. The van der Waals surface area contributed by atoms with Crippen molar-refractivity contribution in [1.82, 2.24) is 4.31 Å². The molecule has 27 heavy (non-hydrogen) atoms. The molecular weight excluding hydrogens is 391 g/mol. The number of nitrogens with one attached hydrogen (secondary N) is 1. The fraction of sp³-hybridized carbons (Fsp3) is 0.316. The summed E-state index contributed by atoms with van der Waals surface area (Å²) in [6.07, 6.45) is 0.748. The summed E-state index contributed by atoms with van der Waals surface area (Å²) in [7, 11) is -3.90. The molecule has 0 spiro atoms. The lowest BCUT2D eigenvalue weighted by Crippen LogP contribution is -2.41. The molecule has 0 aromatic heterocycles. The van der Waals surface area contributed by atoms with Gasteiger partial charge < -0.3 is 5.32 Å². The number of benzene rings is 2. The second-order valence-electron chi connectivity index (χ2n) is 6.56. The van der Waals surface area contributed by atoms with Gasteiger partial charge in [0, 0.05) is 29.7 Å². The zero-order valence-electron chi connectivity index (χ0n) is 14.8. The van der Waals surface area contributed by atoms with Crippen LogP contribution in [0.15, 0.2) is 47.4 Å². The van der Waals surface area contributed by atoms with Crippen molar-refractivity contribution in [2.24, 2.45) is 5.92 Å². The quantitative estimate of drug-likeness (QED) is 0.833. The number of carbonyl (C=O) groups is 1. The van der Waals surface area contributed by atoms with Gasteiger partial charge in [-0.25, -0.2) is 12.8 Å². The summed E-state index contributed by atoms with van der Waals surface area (Å²) in [6, 6.07) is 10.6. The van der Waals surface area contributed by atoms with E-state index in [0.29, 0.717) is 23.6 Å². The highest BCUT2D eigenvalue weighted by Gasteiger charge is 2.33. The first kappa shape index (κ1) is 19.8. The molecule has 2 aromatic carbocycles. The number of piperidine rings is 1. The molecule has 0 radical (unpaired) electrons. The number of sulfonamides is 1. The van der Waals surface area contributed by atoms with E-state index in [1.54, 1.807) is 12.1 Å². The average Bonchev–Trinajstić information content (AvgIpc) is 2.65. The molecule has 3 rings (SSSR count). The summed E-state index contributed by atoms with van der Waals surface area (Å²) in [5.74, 6) is -1.25. The number of amides is 1. The summed E-state index contributed by atoms with van der Waals surface area (Å²) in [4.78, 5) is 12.1. The number of rotatable bonds is 4. The smallest absolute Gasteiger partial charge is 0.245 e. The number of nitrogens with zero attached hydrogens (tertiary/aromatic N) is 1. The third-order valence-electron chi connectivity index (χ3n) is 4.72. The number of halogens is 2. The van der Waals surface area contributed by atoms with Gasteiger partial charge in [-0.2, -0.15) is 4.31 Å². The van der Waals surface area contributed by atoms with Crippen molar-refractivity contribution in [1.29, 1.82) is 0 Å². The molecule has 0 unspecified atom stereocenters. The molecule has 5 nitrogen and oxygen atoms in total. The van der Waals surface area contributed by atoms with E-state index in [2.05, 4.69) is 5.32 Å². The highest BCUT2D eigenvalue weighted by Crippen LogP contribution is 2.27. The number of aryl methyl sites for hydroxylation is 1. The molecule has 1 aliphatic heterocycles. The van der Waals surface area contributed by atoms with E-state index in [1.807, 2.05) is 13.0 Å². The molecule has 2 aromatic rings. The lowest BCUT2D eigenvalue weighted by atomic mass is 9.97. The summed E-state index contributed by atoms with van der Waals surface area (Å²) < 4.78 is 40.3.